The largest absolute Gasteiger partial charge is 0.490 e. The van der Waals surface area contributed by atoms with Gasteiger partial charge in [-0.15, -0.1) is 0 Å². The number of anilines is 1. The maximum atomic E-state index is 13.4. The third-order valence-corrected chi connectivity index (χ3v) is 7.09. The quantitative estimate of drug-likeness (QED) is 0.193. The van der Waals surface area contributed by atoms with Gasteiger partial charge in [-0.1, -0.05) is 35.9 Å². The summed E-state index contributed by atoms with van der Waals surface area (Å²) >= 11 is 2.15. The van der Waals surface area contributed by atoms with E-state index in [1.54, 1.807) is 12.1 Å². The number of nitrogens with one attached hydrogen (secondary N) is 1. The van der Waals surface area contributed by atoms with Gasteiger partial charge in [0.15, 0.2) is 11.5 Å². The van der Waals surface area contributed by atoms with E-state index in [1.165, 1.54) is 17.2 Å². The number of amides is 4. The van der Waals surface area contributed by atoms with E-state index in [2.05, 4.69) is 53.9 Å². The highest BCUT2D eigenvalue weighted by molar-refractivity contribution is 14.1. The fraction of sp³-hybridized carbons (Fsp3) is 0.233. The molecule has 196 valence electrons. The normalized spacial score (nSPS) is 14.6. The van der Waals surface area contributed by atoms with Crippen molar-refractivity contribution in [1.82, 2.24) is 5.32 Å². The van der Waals surface area contributed by atoms with Crippen LogP contribution in [-0.2, 0) is 16.2 Å². The molecule has 0 atom stereocenters. The fourth-order valence-corrected chi connectivity index (χ4v) is 5.00. The van der Waals surface area contributed by atoms with E-state index in [0.29, 0.717) is 36.0 Å². The Morgan fingerprint density at radius 1 is 0.895 bits per heavy atom. The van der Waals surface area contributed by atoms with Crippen molar-refractivity contribution in [3.8, 4) is 11.5 Å². The molecule has 4 amide bonds. The zero-order chi connectivity index (χ0) is 27.6. The molecular weight excluding hydrogens is 595 g/mol. The second-order valence-corrected chi connectivity index (χ2v) is 10.4. The van der Waals surface area contributed by atoms with Crippen molar-refractivity contribution in [2.75, 3.05) is 11.5 Å². The van der Waals surface area contributed by atoms with E-state index in [4.69, 9.17) is 9.47 Å². The Morgan fingerprint density at radius 3 is 2.34 bits per heavy atom. The summed E-state index contributed by atoms with van der Waals surface area (Å²) in [5.41, 5.74) is 6.05. The minimum atomic E-state index is -0.774. The Labute approximate surface area is 236 Å². The smallest absolute Gasteiger partial charge is 0.335 e. The van der Waals surface area contributed by atoms with Gasteiger partial charge in [-0.2, -0.15) is 0 Å². The van der Waals surface area contributed by atoms with Gasteiger partial charge in [0.25, 0.3) is 11.8 Å². The fourth-order valence-electron chi connectivity index (χ4n) is 4.22. The van der Waals surface area contributed by atoms with Crippen LogP contribution in [0.4, 0.5) is 10.5 Å². The van der Waals surface area contributed by atoms with Crippen molar-refractivity contribution in [2.45, 2.75) is 41.2 Å². The molecule has 1 aliphatic rings. The first-order valence-electron chi connectivity index (χ1n) is 12.2. The molecule has 1 aliphatic heterocycles. The Morgan fingerprint density at radius 2 is 1.66 bits per heavy atom. The van der Waals surface area contributed by atoms with Crippen molar-refractivity contribution in [2.24, 2.45) is 0 Å². The number of carbonyl (C=O) groups is 3. The number of halogens is 1. The third-order valence-electron chi connectivity index (χ3n) is 6.29. The molecule has 1 heterocycles. The molecule has 0 radical (unpaired) electrons. The summed E-state index contributed by atoms with van der Waals surface area (Å²) < 4.78 is 12.8. The van der Waals surface area contributed by atoms with Crippen molar-refractivity contribution in [1.29, 1.82) is 0 Å². The average molecular weight is 624 g/mol. The van der Waals surface area contributed by atoms with Crippen LogP contribution < -0.4 is 19.7 Å². The number of benzene rings is 3. The molecule has 0 aliphatic carbocycles. The van der Waals surface area contributed by atoms with Gasteiger partial charge in [0.1, 0.15) is 12.2 Å². The van der Waals surface area contributed by atoms with Crippen LogP contribution in [0.3, 0.4) is 0 Å². The second kappa shape index (κ2) is 11.4. The van der Waals surface area contributed by atoms with Gasteiger partial charge < -0.3 is 9.47 Å². The van der Waals surface area contributed by atoms with Gasteiger partial charge in [-0.25, -0.2) is 9.69 Å². The van der Waals surface area contributed by atoms with Crippen LogP contribution >= 0.6 is 22.6 Å². The van der Waals surface area contributed by atoms with E-state index in [9.17, 15) is 14.4 Å². The molecule has 0 bridgehead atoms. The minimum Gasteiger partial charge on any atom is -0.490 e. The van der Waals surface area contributed by atoms with Crippen molar-refractivity contribution in [3.05, 3.63) is 91.1 Å². The zero-order valence-corrected chi connectivity index (χ0v) is 24.1. The van der Waals surface area contributed by atoms with Gasteiger partial charge in [-0.05, 0) is 109 Å². The maximum absolute atomic E-state index is 13.4. The van der Waals surface area contributed by atoms with Crippen LogP contribution in [-0.4, -0.2) is 24.5 Å². The molecule has 7 nitrogen and oxygen atoms in total. The first-order valence-corrected chi connectivity index (χ1v) is 13.3. The van der Waals surface area contributed by atoms with Crippen LogP contribution in [0.25, 0.3) is 6.08 Å². The van der Waals surface area contributed by atoms with Gasteiger partial charge >= 0.3 is 6.03 Å². The summed E-state index contributed by atoms with van der Waals surface area (Å²) in [5.74, 6) is -0.349. The SMILES string of the molecule is CCOc1cc(/C=C2\C(=O)NC(=O)N(c3ccc(C)cc3C)C2=O)cc(I)c1OCc1ccc(C)c(C)c1. The number of nitrogens with zero attached hydrogens (tertiary/aromatic N) is 1. The Kier molecular flexibility index (Phi) is 8.20. The van der Waals surface area contributed by atoms with Crippen LogP contribution in [0.2, 0.25) is 0 Å². The van der Waals surface area contributed by atoms with Crippen molar-refractivity contribution in [3.63, 3.8) is 0 Å². The molecule has 0 unspecified atom stereocenters. The number of urea groups is 1. The number of imide groups is 2. The second-order valence-electron chi connectivity index (χ2n) is 9.22. The molecule has 3 aromatic carbocycles. The van der Waals surface area contributed by atoms with E-state index in [1.807, 2.05) is 45.0 Å². The van der Waals surface area contributed by atoms with Crippen LogP contribution in [0.1, 0.15) is 40.3 Å². The summed E-state index contributed by atoms with van der Waals surface area (Å²) in [7, 11) is 0. The molecule has 1 N–H and O–H groups in total. The number of barbiturate groups is 1. The number of carbonyl (C=O) groups excluding carboxylic acids is 3. The lowest BCUT2D eigenvalue weighted by molar-refractivity contribution is -0.122. The summed E-state index contributed by atoms with van der Waals surface area (Å²) in [4.78, 5) is 39.7. The molecule has 1 saturated heterocycles. The van der Waals surface area contributed by atoms with E-state index >= 15 is 0 Å². The topological polar surface area (TPSA) is 84.9 Å². The zero-order valence-electron chi connectivity index (χ0n) is 22.0. The summed E-state index contributed by atoms with van der Waals surface area (Å²) in [6.45, 7) is 10.5. The Hall–Kier alpha value is -3.66. The van der Waals surface area contributed by atoms with E-state index in [0.717, 1.165) is 25.2 Å². The number of ether oxygens (including phenoxy) is 2. The molecule has 1 fully saturated rings. The van der Waals surface area contributed by atoms with E-state index in [-0.39, 0.29) is 5.57 Å². The van der Waals surface area contributed by atoms with Crippen LogP contribution in [0.15, 0.2) is 54.1 Å². The Bertz CT molecular complexity index is 1480. The van der Waals surface area contributed by atoms with Gasteiger partial charge in [0, 0.05) is 0 Å². The Balaban J connectivity index is 1.67. The van der Waals surface area contributed by atoms with Gasteiger partial charge in [-0.3, -0.25) is 14.9 Å². The number of hydrogen-bond donors (Lipinski definition) is 1. The number of hydrogen-bond acceptors (Lipinski definition) is 5. The number of rotatable bonds is 7. The van der Waals surface area contributed by atoms with Crippen LogP contribution in [0.5, 0.6) is 11.5 Å². The predicted molar refractivity (Wildman–Crippen MR) is 155 cm³/mol. The van der Waals surface area contributed by atoms with Gasteiger partial charge in [0.2, 0.25) is 0 Å². The standard InChI is InChI=1S/C30H29IN2O5/c1-6-37-26-15-22(14-24(31)27(26)38-16-21-9-8-18(3)19(4)12-21)13-23-28(34)32-30(36)33(29(23)35)25-10-7-17(2)11-20(25)5/h7-15H,6,16H2,1-5H3,(H,32,34,36)/b23-13+. The third kappa shape index (κ3) is 5.75. The van der Waals surface area contributed by atoms with Crippen molar-refractivity contribution >= 4 is 52.2 Å². The molecule has 3 aromatic rings. The van der Waals surface area contributed by atoms with Crippen molar-refractivity contribution < 1.29 is 23.9 Å². The molecule has 8 heteroatoms. The molecule has 38 heavy (non-hydrogen) atoms. The lowest BCUT2D eigenvalue weighted by Crippen LogP contribution is -2.54. The first kappa shape index (κ1) is 27.4. The summed E-state index contributed by atoms with van der Waals surface area (Å²) in [5, 5.41) is 2.28. The summed E-state index contributed by atoms with van der Waals surface area (Å²) in [6, 6.07) is 14.4. The molecule has 0 saturated carbocycles. The van der Waals surface area contributed by atoms with E-state index < -0.39 is 17.8 Å². The molecule has 4 rings (SSSR count). The molecule has 0 spiro atoms. The lowest BCUT2D eigenvalue weighted by Gasteiger charge is -2.27. The highest BCUT2D eigenvalue weighted by Gasteiger charge is 2.37. The highest BCUT2D eigenvalue weighted by Crippen LogP contribution is 2.36. The highest BCUT2D eigenvalue weighted by atomic mass is 127. The summed E-state index contributed by atoms with van der Waals surface area (Å²) in [6.07, 6.45) is 1.47. The average Bonchev–Trinajstić information content (AvgIpc) is 2.85. The van der Waals surface area contributed by atoms with Crippen LogP contribution in [0, 0.1) is 31.3 Å². The maximum Gasteiger partial charge on any atom is 0.335 e. The predicted octanol–water partition coefficient (Wildman–Crippen LogP) is 6.17. The minimum absolute atomic E-state index is 0.147. The van der Waals surface area contributed by atoms with Gasteiger partial charge in [0.05, 0.1) is 15.9 Å². The molecular formula is C30H29IN2O5. The first-order chi connectivity index (χ1) is 18.1. The lowest BCUT2D eigenvalue weighted by atomic mass is 10.0. The monoisotopic (exact) mass is 624 g/mol. The number of aryl methyl sites for hydroxylation is 4. The molecule has 0 aromatic heterocycles.